The molecule has 0 saturated carbocycles. The van der Waals surface area contributed by atoms with E-state index < -0.39 is 0 Å². The molecule has 1 saturated heterocycles. The highest BCUT2D eigenvalue weighted by atomic mass is 16.2. The van der Waals surface area contributed by atoms with Crippen molar-refractivity contribution in [3.8, 4) is 0 Å². The molecule has 1 aliphatic heterocycles. The van der Waals surface area contributed by atoms with E-state index in [1.54, 1.807) is 0 Å². The number of aryl methyl sites for hydroxylation is 1. The predicted molar refractivity (Wildman–Crippen MR) is 81.4 cm³/mol. The number of nitrogens with zero attached hydrogens (tertiary/aromatic N) is 1. The van der Waals surface area contributed by atoms with E-state index >= 15 is 0 Å². The first kappa shape index (κ1) is 15.7. The van der Waals surface area contributed by atoms with Crippen molar-refractivity contribution in [2.45, 2.75) is 47.0 Å². The van der Waals surface area contributed by atoms with Crippen LogP contribution in [0.25, 0.3) is 0 Å². The normalized spacial score (nSPS) is 17.9. The van der Waals surface area contributed by atoms with E-state index in [0.29, 0.717) is 5.92 Å². The number of hydrogen-bond donors (Lipinski definition) is 0. The van der Waals surface area contributed by atoms with E-state index in [1.165, 1.54) is 19.3 Å². The Hall–Kier alpha value is -1.31. The third-order valence-electron chi connectivity index (χ3n) is 3.54. The molecule has 0 radical (unpaired) electrons. The lowest BCUT2D eigenvalue weighted by Crippen LogP contribution is -2.28. The van der Waals surface area contributed by atoms with Crippen LogP contribution >= 0.6 is 0 Å². The van der Waals surface area contributed by atoms with Gasteiger partial charge in [0.1, 0.15) is 0 Å². The molecule has 0 N–H and O–H groups in total. The van der Waals surface area contributed by atoms with Crippen molar-refractivity contribution in [1.29, 1.82) is 0 Å². The van der Waals surface area contributed by atoms with E-state index in [1.807, 2.05) is 49.9 Å². The van der Waals surface area contributed by atoms with Crippen LogP contribution in [0.1, 0.15) is 56.0 Å². The van der Waals surface area contributed by atoms with Crippen molar-refractivity contribution < 1.29 is 4.79 Å². The summed E-state index contributed by atoms with van der Waals surface area (Å²) in [5.41, 5.74) is 1.99. The smallest absolute Gasteiger partial charge is 0.253 e. The fraction of sp³-hybridized carbons (Fsp3) is 0.588. The zero-order chi connectivity index (χ0) is 14.3. The summed E-state index contributed by atoms with van der Waals surface area (Å²) in [4.78, 5) is 14.3. The molecule has 1 atom stereocenters. The topological polar surface area (TPSA) is 20.3 Å². The quantitative estimate of drug-likeness (QED) is 0.795. The second-order valence-corrected chi connectivity index (χ2v) is 5.06. The molecule has 0 unspecified atom stereocenters. The number of rotatable bonds is 3. The van der Waals surface area contributed by atoms with Crippen molar-refractivity contribution in [2.75, 3.05) is 13.1 Å². The highest BCUT2D eigenvalue weighted by molar-refractivity contribution is 5.94. The largest absolute Gasteiger partial charge is 0.338 e. The Labute approximate surface area is 117 Å². The van der Waals surface area contributed by atoms with Crippen molar-refractivity contribution in [3.63, 3.8) is 0 Å². The van der Waals surface area contributed by atoms with Gasteiger partial charge < -0.3 is 4.90 Å². The SMILES string of the molecule is CC.CCC[C@H]1CCN(C(=O)c2cccc(C)c2)C1. The predicted octanol–water partition coefficient (Wildman–Crippen LogP) is 4.28. The summed E-state index contributed by atoms with van der Waals surface area (Å²) >= 11 is 0. The van der Waals surface area contributed by atoms with Gasteiger partial charge in [0.15, 0.2) is 0 Å². The minimum Gasteiger partial charge on any atom is -0.338 e. The Balaban J connectivity index is 0.000000861. The summed E-state index contributed by atoms with van der Waals surface area (Å²) in [7, 11) is 0. The zero-order valence-electron chi connectivity index (χ0n) is 12.8. The summed E-state index contributed by atoms with van der Waals surface area (Å²) in [6.45, 7) is 10.1. The van der Waals surface area contributed by atoms with Gasteiger partial charge in [0.2, 0.25) is 0 Å². The maximum absolute atomic E-state index is 12.3. The monoisotopic (exact) mass is 261 g/mol. The number of carbonyl (C=O) groups is 1. The lowest BCUT2D eigenvalue weighted by molar-refractivity contribution is 0.0786. The van der Waals surface area contributed by atoms with Crippen LogP contribution in [0.5, 0.6) is 0 Å². The Bertz CT molecular complexity index is 400. The van der Waals surface area contributed by atoms with Crippen molar-refractivity contribution in [3.05, 3.63) is 35.4 Å². The molecule has 1 amide bonds. The minimum absolute atomic E-state index is 0.201. The van der Waals surface area contributed by atoms with E-state index in [9.17, 15) is 4.79 Å². The Morgan fingerprint density at radius 2 is 2.11 bits per heavy atom. The molecule has 1 aromatic carbocycles. The third-order valence-corrected chi connectivity index (χ3v) is 3.54. The molecular weight excluding hydrogens is 234 g/mol. The summed E-state index contributed by atoms with van der Waals surface area (Å²) in [6.07, 6.45) is 3.64. The van der Waals surface area contributed by atoms with Gasteiger partial charge >= 0.3 is 0 Å². The van der Waals surface area contributed by atoms with Gasteiger partial charge in [0.25, 0.3) is 5.91 Å². The number of amides is 1. The van der Waals surface area contributed by atoms with E-state index in [-0.39, 0.29) is 5.91 Å². The van der Waals surface area contributed by atoms with Crippen molar-refractivity contribution in [2.24, 2.45) is 5.92 Å². The second-order valence-electron chi connectivity index (χ2n) is 5.06. The summed E-state index contributed by atoms with van der Waals surface area (Å²) in [5, 5.41) is 0. The molecule has 0 bridgehead atoms. The minimum atomic E-state index is 0.201. The average Bonchev–Trinajstić information content (AvgIpc) is 2.89. The molecular formula is C17H27NO. The lowest BCUT2D eigenvalue weighted by Gasteiger charge is -2.16. The molecule has 1 fully saturated rings. The van der Waals surface area contributed by atoms with E-state index in [4.69, 9.17) is 0 Å². The molecule has 0 aromatic heterocycles. The standard InChI is InChI=1S/C15H21NO.C2H6/c1-3-5-13-8-9-16(11-13)15(17)14-7-4-6-12(2)10-14;1-2/h4,6-7,10,13H,3,5,8-9,11H2,1-2H3;1-2H3/t13-;/m0./s1. The molecule has 0 aliphatic carbocycles. The van der Waals surface area contributed by atoms with Gasteiger partial charge in [-0.05, 0) is 37.8 Å². The molecule has 2 rings (SSSR count). The van der Waals surface area contributed by atoms with Crippen LogP contribution < -0.4 is 0 Å². The molecule has 0 spiro atoms. The number of carbonyl (C=O) groups excluding carboxylic acids is 1. The molecule has 1 aromatic rings. The Morgan fingerprint density at radius 1 is 1.37 bits per heavy atom. The highest BCUT2D eigenvalue weighted by Crippen LogP contribution is 2.22. The van der Waals surface area contributed by atoms with Gasteiger partial charge in [-0.1, -0.05) is 44.9 Å². The first-order valence-electron chi connectivity index (χ1n) is 7.56. The van der Waals surface area contributed by atoms with Crippen LogP contribution in [0.2, 0.25) is 0 Å². The first-order chi connectivity index (χ1) is 9.20. The van der Waals surface area contributed by atoms with Gasteiger partial charge in [-0.15, -0.1) is 0 Å². The average molecular weight is 261 g/mol. The van der Waals surface area contributed by atoms with Gasteiger partial charge in [-0.2, -0.15) is 0 Å². The first-order valence-corrected chi connectivity index (χ1v) is 7.56. The van der Waals surface area contributed by atoms with E-state index in [2.05, 4.69) is 6.92 Å². The van der Waals surface area contributed by atoms with Crippen LogP contribution in [0.15, 0.2) is 24.3 Å². The number of likely N-dealkylation sites (tertiary alicyclic amines) is 1. The number of hydrogen-bond acceptors (Lipinski definition) is 1. The third kappa shape index (κ3) is 4.38. The zero-order valence-corrected chi connectivity index (χ0v) is 12.8. The van der Waals surface area contributed by atoms with E-state index in [0.717, 1.165) is 24.2 Å². The molecule has 1 aliphatic rings. The maximum Gasteiger partial charge on any atom is 0.253 e. The van der Waals surface area contributed by atoms with Crippen LogP contribution in [-0.2, 0) is 0 Å². The lowest BCUT2D eigenvalue weighted by atomic mass is 10.0. The van der Waals surface area contributed by atoms with Crippen molar-refractivity contribution in [1.82, 2.24) is 4.90 Å². The molecule has 106 valence electrons. The number of benzene rings is 1. The highest BCUT2D eigenvalue weighted by Gasteiger charge is 2.26. The van der Waals surface area contributed by atoms with Crippen LogP contribution in [0.3, 0.4) is 0 Å². The van der Waals surface area contributed by atoms with Gasteiger partial charge in [0.05, 0.1) is 0 Å². The summed E-state index contributed by atoms with van der Waals surface area (Å²) in [5.74, 6) is 0.918. The van der Waals surface area contributed by atoms with Crippen LogP contribution in [0.4, 0.5) is 0 Å². The Kier molecular flexibility index (Phi) is 6.61. The molecule has 2 heteroatoms. The van der Waals surface area contributed by atoms with Gasteiger partial charge in [-0.3, -0.25) is 4.79 Å². The Morgan fingerprint density at radius 3 is 2.74 bits per heavy atom. The van der Waals surface area contributed by atoms with Gasteiger partial charge in [0, 0.05) is 18.7 Å². The fourth-order valence-corrected chi connectivity index (χ4v) is 2.62. The molecule has 1 heterocycles. The molecule has 19 heavy (non-hydrogen) atoms. The van der Waals surface area contributed by atoms with Crippen LogP contribution in [-0.4, -0.2) is 23.9 Å². The van der Waals surface area contributed by atoms with Crippen LogP contribution in [0, 0.1) is 12.8 Å². The van der Waals surface area contributed by atoms with Gasteiger partial charge in [-0.25, -0.2) is 0 Å². The maximum atomic E-state index is 12.3. The van der Waals surface area contributed by atoms with Crippen molar-refractivity contribution >= 4 is 5.91 Å². The summed E-state index contributed by atoms with van der Waals surface area (Å²) < 4.78 is 0. The second kappa shape index (κ2) is 7.98. The summed E-state index contributed by atoms with van der Waals surface area (Å²) in [6, 6.07) is 7.89. The molecule has 2 nitrogen and oxygen atoms in total. The fourth-order valence-electron chi connectivity index (χ4n) is 2.62.